The number of nitrogens with zero attached hydrogens (tertiary/aromatic N) is 1. The maximum absolute atomic E-state index is 7.10. The molecule has 1 heterocycles. The zero-order valence-corrected chi connectivity index (χ0v) is 19.5. The standard InChI is InChI=1S/C32H31NO/c1-3-12-25(13-4-1)31(33-20-19-24-11-7-10-18-29(24)23-33)32(26-14-5-2-6-15-26)34-30-21-27-16-8-9-17-28(27)22-30/h1-18,30-32H,19-23H2/t31-,32-/m1/s1. The quantitative estimate of drug-likeness (QED) is 0.327. The fourth-order valence-corrected chi connectivity index (χ4v) is 5.78. The van der Waals surface area contributed by atoms with Gasteiger partial charge >= 0.3 is 0 Å². The Morgan fingerprint density at radius 2 is 1.12 bits per heavy atom. The van der Waals surface area contributed by atoms with Crippen molar-refractivity contribution < 1.29 is 4.74 Å². The molecule has 0 bridgehead atoms. The van der Waals surface area contributed by atoms with Crippen molar-refractivity contribution >= 4 is 0 Å². The van der Waals surface area contributed by atoms with Crippen molar-refractivity contribution in [3.8, 4) is 0 Å². The van der Waals surface area contributed by atoms with Gasteiger partial charge in [0.25, 0.3) is 0 Å². The van der Waals surface area contributed by atoms with Gasteiger partial charge in [0.05, 0.1) is 12.1 Å². The van der Waals surface area contributed by atoms with Crippen LogP contribution in [0.25, 0.3) is 0 Å². The summed E-state index contributed by atoms with van der Waals surface area (Å²) < 4.78 is 7.10. The Hall–Kier alpha value is -3.20. The molecule has 34 heavy (non-hydrogen) atoms. The Labute approximate surface area is 202 Å². The third-order valence-corrected chi connectivity index (χ3v) is 7.46. The third kappa shape index (κ3) is 4.32. The maximum atomic E-state index is 7.10. The molecule has 2 heteroatoms. The molecule has 0 aromatic heterocycles. The van der Waals surface area contributed by atoms with Gasteiger partial charge in [-0.15, -0.1) is 0 Å². The molecule has 0 N–H and O–H groups in total. The van der Waals surface area contributed by atoms with Gasteiger partial charge in [0.15, 0.2) is 0 Å². The molecular formula is C32H31NO. The average Bonchev–Trinajstić information content (AvgIpc) is 3.32. The van der Waals surface area contributed by atoms with Gasteiger partial charge in [-0.3, -0.25) is 4.90 Å². The van der Waals surface area contributed by atoms with Crippen LogP contribution in [0.15, 0.2) is 109 Å². The van der Waals surface area contributed by atoms with Gasteiger partial charge in [0.1, 0.15) is 6.10 Å². The van der Waals surface area contributed by atoms with Crippen molar-refractivity contribution in [2.45, 2.75) is 44.1 Å². The lowest BCUT2D eigenvalue weighted by atomic mass is 9.90. The highest BCUT2D eigenvalue weighted by Crippen LogP contribution is 2.41. The van der Waals surface area contributed by atoms with Crippen molar-refractivity contribution in [2.75, 3.05) is 6.54 Å². The molecule has 2 atom stereocenters. The van der Waals surface area contributed by atoms with Crippen molar-refractivity contribution in [2.24, 2.45) is 0 Å². The molecule has 4 aromatic rings. The predicted octanol–water partition coefficient (Wildman–Crippen LogP) is 6.71. The molecule has 0 amide bonds. The number of fused-ring (bicyclic) bond motifs is 2. The van der Waals surface area contributed by atoms with Crippen LogP contribution in [0.3, 0.4) is 0 Å². The summed E-state index contributed by atoms with van der Waals surface area (Å²) in [4.78, 5) is 2.64. The number of ether oxygens (including phenoxy) is 1. The Balaban J connectivity index is 1.37. The molecule has 0 saturated carbocycles. The van der Waals surface area contributed by atoms with Gasteiger partial charge in [0, 0.05) is 13.1 Å². The topological polar surface area (TPSA) is 12.5 Å². The van der Waals surface area contributed by atoms with E-state index in [2.05, 4.69) is 114 Å². The Morgan fingerprint density at radius 3 is 1.76 bits per heavy atom. The van der Waals surface area contributed by atoms with Gasteiger partial charge in [-0.05, 0) is 52.6 Å². The Bertz CT molecular complexity index is 1210. The fraction of sp³-hybridized carbons (Fsp3) is 0.250. The number of rotatable bonds is 6. The van der Waals surface area contributed by atoms with E-state index in [1.165, 1.54) is 33.4 Å². The molecule has 0 unspecified atom stereocenters. The van der Waals surface area contributed by atoms with E-state index in [-0.39, 0.29) is 18.2 Å². The second-order valence-corrected chi connectivity index (χ2v) is 9.61. The second-order valence-electron chi connectivity index (χ2n) is 9.61. The molecule has 0 saturated heterocycles. The van der Waals surface area contributed by atoms with Gasteiger partial charge < -0.3 is 4.74 Å². The third-order valence-electron chi connectivity index (χ3n) is 7.46. The molecule has 1 aliphatic carbocycles. The van der Waals surface area contributed by atoms with Crippen molar-refractivity contribution in [1.29, 1.82) is 0 Å². The van der Waals surface area contributed by atoms with Gasteiger partial charge in [-0.2, -0.15) is 0 Å². The van der Waals surface area contributed by atoms with Crippen LogP contribution in [0, 0.1) is 0 Å². The molecular weight excluding hydrogens is 414 g/mol. The highest BCUT2D eigenvalue weighted by molar-refractivity contribution is 5.34. The van der Waals surface area contributed by atoms with Crippen LogP contribution in [-0.2, 0) is 30.5 Å². The predicted molar refractivity (Wildman–Crippen MR) is 138 cm³/mol. The van der Waals surface area contributed by atoms with Crippen LogP contribution in [0.1, 0.15) is 45.5 Å². The lowest BCUT2D eigenvalue weighted by Gasteiger charge is -2.41. The molecule has 6 rings (SSSR count). The van der Waals surface area contributed by atoms with E-state index in [1.807, 2.05) is 0 Å². The van der Waals surface area contributed by atoms with E-state index in [1.54, 1.807) is 0 Å². The minimum atomic E-state index is -0.0341. The van der Waals surface area contributed by atoms with E-state index in [0.717, 1.165) is 32.4 Å². The Kier molecular flexibility index (Phi) is 6.01. The smallest absolute Gasteiger partial charge is 0.103 e. The lowest BCUT2D eigenvalue weighted by molar-refractivity contribution is -0.0624. The van der Waals surface area contributed by atoms with E-state index < -0.39 is 0 Å². The van der Waals surface area contributed by atoms with E-state index in [0.29, 0.717) is 0 Å². The normalized spacial score (nSPS) is 17.6. The molecule has 0 fully saturated rings. The zero-order chi connectivity index (χ0) is 22.7. The minimum Gasteiger partial charge on any atom is -0.368 e. The second kappa shape index (κ2) is 9.58. The van der Waals surface area contributed by atoms with Crippen LogP contribution in [0.5, 0.6) is 0 Å². The number of hydrogen-bond acceptors (Lipinski definition) is 2. The fourth-order valence-electron chi connectivity index (χ4n) is 5.78. The average molecular weight is 446 g/mol. The molecule has 2 aliphatic rings. The summed E-state index contributed by atoms with van der Waals surface area (Å²) >= 11 is 0. The lowest BCUT2D eigenvalue weighted by Crippen LogP contribution is -2.39. The number of benzene rings is 4. The minimum absolute atomic E-state index is 0.0341. The monoisotopic (exact) mass is 445 g/mol. The summed E-state index contributed by atoms with van der Waals surface area (Å²) in [5, 5.41) is 0. The summed E-state index contributed by atoms with van der Waals surface area (Å²) in [6.07, 6.45) is 3.22. The van der Waals surface area contributed by atoms with Crippen molar-refractivity contribution in [3.63, 3.8) is 0 Å². The van der Waals surface area contributed by atoms with Gasteiger partial charge in [0.2, 0.25) is 0 Å². The van der Waals surface area contributed by atoms with Crippen LogP contribution < -0.4 is 0 Å². The highest BCUT2D eigenvalue weighted by atomic mass is 16.5. The van der Waals surface area contributed by atoms with Crippen molar-refractivity contribution in [3.05, 3.63) is 143 Å². The first-order valence-electron chi connectivity index (χ1n) is 12.5. The van der Waals surface area contributed by atoms with Crippen LogP contribution >= 0.6 is 0 Å². The van der Waals surface area contributed by atoms with Crippen LogP contribution in [-0.4, -0.2) is 17.5 Å². The summed E-state index contributed by atoms with van der Waals surface area (Å²) in [5.41, 5.74) is 8.37. The largest absolute Gasteiger partial charge is 0.368 e. The summed E-state index contributed by atoms with van der Waals surface area (Å²) in [6.45, 7) is 1.99. The Morgan fingerprint density at radius 1 is 0.588 bits per heavy atom. The first kappa shape index (κ1) is 21.3. The van der Waals surface area contributed by atoms with Crippen LogP contribution in [0.2, 0.25) is 0 Å². The van der Waals surface area contributed by atoms with Gasteiger partial charge in [-0.1, -0.05) is 109 Å². The van der Waals surface area contributed by atoms with E-state index in [9.17, 15) is 0 Å². The highest BCUT2D eigenvalue weighted by Gasteiger charge is 2.35. The number of hydrogen-bond donors (Lipinski definition) is 0. The summed E-state index contributed by atoms with van der Waals surface area (Å²) in [7, 11) is 0. The van der Waals surface area contributed by atoms with Gasteiger partial charge in [-0.25, -0.2) is 0 Å². The van der Waals surface area contributed by atoms with E-state index >= 15 is 0 Å². The van der Waals surface area contributed by atoms with Crippen molar-refractivity contribution in [1.82, 2.24) is 4.90 Å². The molecule has 4 aromatic carbocycles. The van der Waals surface area contributed by atoms with Crippen LogP contribution in [0.4, 0.5) is 0 Å². The SMILES string of the molecule is c1ccc([C@@H](OC2Cc3ccccc3C2)[C@@H](c2ccccc2)N2CCc3ccccc3C2)cc1. The molecule has 1 aliphatic heterocycles. The summed E-state index contributed by atoms with van der Waals surface area (Å²) in [6, 6.07) is 39.7. The molecule has 0 radical (unpaired) electrons. The zero-order valence-electron chi connectivity index (χ0n) is 19.5. The summed E-state index contributed by atoms with van der Waals surface area (Å²) in [5.74, 6) is 0. The molecule has 2 nitrogen and oxygen atoms in total. The molecule has 0 spiro atoms. The van der Waals surface area contributed by atoms with E-state index in [4.69, 9.17) is 4.74 Å². The molecule has 170 valence electrons. The first-order chi connectivity index (χ1) is 16.8. The first-order valence-corrected chi connectivity index (χ1v) is 12.5. The maximum Gasteiger partial charge on any atom is 0.103 e.